The van der Waals surface area contributed by atoms with Crippen LogP contribution in [0.2, 0.25) is 0 Å². The highest BCUT2D eigenvalue weighted by molar-refractivity contribution is 9.10. The molecule has 2 aromatic carbocycles. The second kappa shape index (κ2) is 7.79. The van der Waals surface area contributed by atoms with Gasteiger partial charge in [0.05, 0.1) is 17.7 Å². The highest BCUT2D eigenvalue weighted by atomic mass is 79.9. The molecule has 0 spiro atoms. The molecule has 0 aliphatic rings. The fourth-order valence-electron chi connectivity index (χ4n) is 2.24. The second-order valence-corrected chi connectivity index (χ2v) is 5.99. The molecule has 1 aromatic heterocycles. The maximum Gasteiger partial charge on any atom is 0.353 e. The largest absolute Gasteiger partial charge is 0.497 e. The molecule has 0 unspecified atom stereocenters. The first kappa shape index (κ1) is 17.6. The number of aromatic nitrogens is 2. The number of nitrogens with one attached hydrogen (secondary N) is 2. The van der Waals surface area contributed by atoms with Crippen LogP contribution in [0, 0.1) is 10.1 Å². The number of halogens is 1. The van der Waals surface area contributed by atoms with Crippen LogP contribution in [0.15, 0.2) is 59.3 Å². The number of hydrogen-bond acceptors (Lipinski definition) is 7. The third kappa shape index (κ3) is 3.89. The minimum atomic E-state index is -0.523. The van der Waals surface area contributed by atoms with E-state index in [1.165, 1.54) is 6.33 Å². The van der Waals surface area contributed by atoms with Gasteiger partial charge in [-0.05, 0) is 52.3 Å². The summed E-state index contributed by atoms with van der Waals surface area (Å²) in [6.07, 6.45) is 1.26. The van der Waals surface area contributed by atoms with Gasteiger partial charge in [0, 0.05) is 10.2 Å². The van der Waals surface area contributed by atoms with Crippen molar-refractivity contribution in [3.63, 3.8) is 0 Å². The zero-order valence-corrected chi connectivity index (χ0v) is 15.2. The zero-order chi connectivity index (χ0) is 18.5. The van der Waals surface area contributed by atoms with Crippen LogP contribution in [0.3, 0.4) is 0 Å². The lowest BCUT2D eigenvalue weighted by Crippen LogP contribution is -2.05. The Labute approximate surface area is 157 Å². The molecule has 0 radical (unpaired) electrons. The Morgan fingerprint density at radius 2 is 1.69 bits per heavy atom. The van der Waals surface area contributed by atoms with Crippen molar-refractivity contribution in [3.8, 4) is 5.75 Å². The van der Waals surface area contributed by atoms with Gasteiger partial charge in [-0.1, -0.05) is 12.1 Å². The van der Waals surface area contributed by atoms with Crippen molar-refractivity contribution in [3.05, 3.63) is 69.4 Å². The van der Waals surface area contributed by atoms with Crippen LogP contribution in [0.5, 0.6) is 5.75 Å². The van der Waals surface area contributed by atoms with Crippen LogP contribution in [-0.4, -0.2) is 22.0 Å². The average Bonchev–Trinajstić information content (AvgIpc) is 2.64. The first-order chi connectivity index (χ1) is 12.6. The number of rotatable bonds is 6. The van der Waals surface area contributed by atoms with Crippen molar-refractivity contribution in [2.45, 2.75) is 0 Å². The summed E-state index contributed by atoms with van der Waals surface area (Å²) >= 11 is 3.40. The number of para-hydroxylation sites is 1. The molecule has 3 rings (SSSR count). The van der Waals surface area contributed by atoms with Crippen molar-refractivity contribution in [1.82, 2.24) is 9.97 Å². The molecular formula is C17H14BrN5O3. The SMILES string of the molecule is COc1ccc(Nc2ncnc(Nc3ccccc3Br)c2[N+](=O)[O-])cc1. The molecule has 0 saturated heterocycles. The van der Waals surface area contributed by atoms with Crippen LogP contribution in [0.4, 0.5) is 28.7 Å². The van der Waals surface area contributed by atoms with E-state index in [4.69, 9.17) is 4.74 Å². The van der Waals surface area contributed by atoms with Gasteiger partial charge in [0.1, 0.15) is 12.1 Å². The molecule has 3 aromatic rings. The minimum Gasteiger partial charge on any atom is -0.497 e. The fourth-order valence-corrected chi connectivity index (χ4v) is 2.62. The number of anilines is 4. The molecule has 0 fully saturated rings. The van der Waals surface area contributed by atoms with Gasteiger partial charge in [0.15, 0.2) is 0 Å². The van der Waals surface area contributed by atoms with E-state index in [1.807, 2.05) is 18.2 Å². The third-order valence-corrected chi connectivity index (χ3v) is 4.18. The lowest BCUT2D eigenvalue weighted by molar-refractivity contribution is -0.383. The van der Waals surface area contributed by atoms with E-state index in [2.05, 4.69) is 36.5 Å². The Morgan fingerprint density at radius 1 is 1.04 bits per heavy atom. The van der Waals surface area contributed by atoms with Crippen LogP contribution < -0.4 is 15.4 Å². The van der Waals surface area contributed by atoms with Gasteiger partial charge < -0.3 is 15.4 Å². The molecule has 0 saturated carbocycles. The maximum absolute atomic E-state index is 11.6. The molecular weight excluding hydrogens is 402 g/mol. The first-order valence-electron chi connectivity index (χ1n) is 7.50. The molecule has 0 bridgehead atoms. The van der Waals surface area contributed by atoms with Crippen LogP contribution in [0.25, 0.3) is 0 Å². The van der Waals surface area contributed by atoms with Crippen molar-refractivity contribution >= 4 is 44.6 Å². The highest BCUT2D eigenvalue weighted by Crippen LogP contribution is 2.34. The number of nitrogens with zero attached hydrogens (tertiary/aromatic N) is 3. The third-order valence-electron chi connectivity index (χ3n) is 3.48. The number of benzene rings is 2. The Bertz CT molecular complexity index is 934. The van der Waals surface area contributed by atoms with E-state index in [9.17, 15) is 10.1 Å². The van der Waals surface area contributed by atoms with Crippen molar-refractivity contribution < 1.29 is 9.66 Å². The quantitative estimate of drug-likeness (QED) is 0.446. The monoisotopic (exact) mass is 415 g/mol. The van der Waals surface area contributed by atoms with Gasteiger partial charge in [-0.2, -0.15) is 0 Å². The molecule has 0 aliphatic carbocycles. The Morgan fingerprint density at radius 3 is 2.31 bits per heavy atom. The smallest absolute Gasteiger partial charge is 0.353 e. The predicted molar refractivity (Wildman–Crippen MR) is 102 cm³/mol. The van der Waals surface area contributed by atoms with E-state index >= 15 is 0 Å². The summed E-state index contributed by atoms with van der Waals surface area (Å²) in [4.78, 5) is 19.1. The molecule has 0 atom stereocenters. The van der Waals surface area contributed by atoms with Crippen molar-refractivity contribution in [1.29, 1.82) is 0 Å². The molecule has 0 aliphatic heterocycles. The second-order valence-electron chi connectivity index (χ2n) is 5.13. The minimum absolute atomic E-state index is 0.0877. The molecule has 9 heteroatoms. The summed E-state index contributed by atoms with van der Waals surface area (Å²) in [6.45, 7) is 0. The first-order valence-corrected chi connectivity index (χ1v) is 8.30. The molecule has 2 N–H and O–H groups in total. The summed E-state index contributed by atoms with van der Waals surface area (Å²) in [7, 11) is 1.57. The Kier molecular flexibility index (Phi) is 5.28. The predicted octanol–water partition coefficient (Wildman–Crippen LogP) is 4.64. The van der Waals surface area contributed by atoms with E-state index < -0.39 is 4.92 Å². The lowest BCUT2D eigenvalue weighted by atomic mass is 10.3. The van der Waals surface area contributed by atoms with Gasteiger partial charge in [-0.3, -0.25) is 10.1 Å². The van der Waals surface area contributed by atoms with E-state index in [1.54, 1.807) is 37.4 Å². The summed E-state index contributed by atoms with van der Waals surface area (Å²) in [5.41, 5.74) is 1.04. The number of ether oxygens (including phenoxy) is 1. The highest BCUT2D eigenvalue weighted by Gasteiger charge is 2.23. The van der Waals surface area contributed by atoms with Crippen molar-refractivity contribution in [2.24, 2.45) is 0 Å². The van der Waals surface area contributed by atoms with Gasteiger partial charge in [0.2, 0.25) is 11.6 Å². The number of nitro groups is 1. The van der Waals surface area contributed by atoms with E-state index in [0.717, 1.165) is 4.47 Å². The van der Waals surface area contributed by atoms with Gasteiger partial charge in [0.25, 0.3) is 0 Å². The van der Waals surface area contributed by atoms with E-state index in [-0.39, 0.29) is 17.3 Å². The number of methoxy groups -OCH3 is 1. The molecule has 8 nitrogen and oxygen atoms in total. The zero-order valence-electron chi connectivity index (χ0n) is 13.6. The Balaban J connectivity index is 1.95. The average molecular weight is 416 g/mol. The van der Waals surface area contributed by atoms with Crippen LogP contribution in [-0.2, 0) is 0 Å². The topological polar surface area (TPSA) is 102 Å². The van der Waals surface area contributed by atoms with E-state index in [0.29, 0.717) is 17.1 Å². The molecule has 0 amide bonds. The standard InChI is InChI=1S/C17H14BrN5O3/c1-26-12-8-6-11(7-9-12)21-16-15(23(24)25)17(20-10-19-16)22-14-5-3-2-4-13(14)18/h2-10H,1H3,(H2,19,20,21,22). The normalized spacial score (nSPS) is 10.2. The van der Waals surface area contributed by atoms with Crippen LogP contribution in [0.1, 0.15) is 0 Å². The van der Waals surface area contributed by atoms with Gasteiger partial charge >= 0.3 is 5.69 Å². The number of hydrogen-bond donors (Lipinski definition) is 2. The maximum atomic E-state index is 11.6. The molecule has 26 heavy (non-hydrogen) atoms. The summed E-state index contributed by atoms with van der Waals surface area (Å²) < 4.78 is 5.86. The summed E-state index contributed by atoms with van der Waals surface area (Å²) in [5, 5.41) is 17.5. The summed E-state index contributed by atoms with van der Waals surface area (Å²) in [5.74, 6) is 0.863. The van der Waals surface area contributed by atoms with Gasteiger partial charge in [-0.15, -0.1) is 0 Å². The molecule has 132 valence electrons. The molecule has 1 heterocycles. The van der Waals surface area contributed by atoms with Gasteiger partial charge in [-0.25, -0.2) is 9.97 Å². The fraction of sp³-hybridized carbons (Fsp3) is 0.0588. The summed E-state index contributed by atoms with van der Waals surface area (Å²) in [6, 6.07) is 14.2. The lowest BCUT2D eigenvalue weighted by Gasteiger charge is -2.11. The Hall–Kier alpha value is -3.20. The van der Waals surface area contributed by atoms with Crippen LogP contribution >= 0.6 is 15.9 Å². The van der Waals surface area contributed by atoms with Crippen molar-refractivity contribution in [2.75, 3.05) is 17.7 Å².